The molecule has 2 aromatic carbocycles. The zero-order chi connectivity index (χ0) is 22.1. The predicted octanol–water partition coefficient (Wildman–Crippen LogP) is 2.95. The molecule has 5 rings (SSSR count). The third kappa shape index (κ3) is 3.50. The lowest BCUT2D eigenvalue weighted by atomic mass is 9.76. The molecule has 2 aromatic rings. The topological polar surface area (TPSA) is 65.1 Å². The van der Waals surface area contributed by atoms with Gasteiger partial charge in [-0.2, -0.15) is 0 Å². The Kier molecular flexibility index (Phi) is 5.51. The summed E-state index contributed by atoms with van der Waals surface area (Å²) in [5.41, 5.74) is 2.33. The number of ether oxygens (including phenoxy) is 1. The van der Waals surface area contributed by atoms with E-state index in [-0.39, 0.29) is 11.9 Å². The highest BCUT2D eigenvalue weighted by Crippen LogP contribution is 2.40. The second kappa shape index (κ2) is 8.47. The van der Waals surface area contributed by atoms with Crippen LogP contribution in [0.5, 0.6) is 5.75 Å². The van der Waals surface area contributed by atoms with Gasteiger partial charge in [-0.15, -0.1) is 0 Å². The van der Waals surface area contributed by atoms with Gasteiger partial charge >= 0.3 is 6.03 Å². The van der Waals surface area contributed by atoms with Crippen LogP contribution in [0.3, 0.4) is 0 Å². The maximum atomic E-state index is 13.5. The number of nitrogens with zero attached hydrogens (tertiary/aromatic N) is 3. The molecule has 1 N–H and O–H groups in total. The SMILES string of the molecule is CCOc1ccccc1N1CCN(CN2C(=O)NC3(CCCc4ccccc43)C2=O)CC1. The van der Waals surface area contributed by atoms with Crippen molar-refractivity contribution in [1.82, 2.24) is 15.1 Å². The molecule has 1 spiro atoms. The van der Waals surface area contributed by atoms with Crippen molar-refractivity contribution in [3.8, 4) is 5.75 Å². The second-order valence-electron chi connectivity index (χ2n) is 8.73. The number of fused-ring (bicyclic) bond motifs is 2. The first-order chi connectivity index (χ1) is 15.6. The highest BCUT2D eigenvalue weighted by atomic mass is 16.5. The van der Waals surface area contributed by atoms with Gasteiger partial charge in [-0.05, 0) is 49.4 Å². The number of benzene rings is 2. The first kappa shape index (κ1) is 20.8. The second-order valence-corrected chi connectivity index (χ2v) is 8.73. The summed E-state index contributed by atoms with van der Waals surface area (Å²) in [5.74, 6) is 0.786. The molecule has 0 saturated carbocycles. The van der Waals surface area contributed by atoms with Gasteiger partial charge in [-0.3, -0.25) is 9.69 Å². The molecule has 0 bridgehead atoms. The zero-order valence-corrected chi connectivity index (χ0v) is 18.5. The van der Waals surface area contributed by atoms with Gasteiger partial charge in [0.25, 0.3) is 5.91 Å². The minimum absolute atomic E-state index is 0.112. The number of hydrogen-bond donors (Lipinski definition) is 1. The number of hydrogen-bond acceptors (Lipinski definition) is 5. The molecule has 32 heavy (non-hydrogen) atoms. The third-order valence-electron chi connectivity index (χ3n) is 6.87. The Labute approximate surface area is 188 Å². The Morgan fingerprint density at radius 2 is 1.75 bits per heavy atom. The number of aryl methyl sites for hydroxylation is 1. The molecule has 2 heterocycles. The molecule has 3 amide bonds. The molecule has 7 nitrogen and oxygen atoms in total. The summed E-state index contributed by atoms with van der Waals surface area (Å²) in [5, 5.41) is 3.05. The number of para-hydroxylation sites is 2. The number of piperazine rings is 1. The van der Waals surface area contributed by atoms with Crippen LogP contribution in [0.2, 0.25) is 0 Å². The van der Waals surface area contributed by atoms with E-state index in [9.17, 15) is 9.59 Å². The molecule has 2 aliphatic heterocycles. The van der Waals surface area contributed by atoms with Crippen molar-refractivity contribution < 1.29 is 14.3 Å². The smallest absolute Gasteiger partial charge is 0.326 e. The van der Waals surface area contributed by atoms with Crippen LogP contribution < -0.4 is 15.0 Å². The standard InChI is InChI=1S/C25H30N4O3/c1-2-32-22-12-6-5-11-21(22)28-16-14-27(15-17-28)18-29-23(30)25(26-24(29)31)13-7-9-19-8-3-4-10-20(19)25/h3-6,8,10-12H,2,7,9,13-18H2,1H3,(H,26,31). The van der Waals surface area contributed by atoms with Crippen LogP contribution >= 0.6 is 0 Å². The van der Waals surface area contributed by atoms with Crippen molar-refractivity contribution in [1.29, 1.82) is 0 Å². The Bertz CT molecular complexity index is 1020. The average molecular weight is 435 g/mol. The van der Waals surface area contributed by atoms with Gasteiger partial charge in [-0.25, -0.2) is 9.69 Å². The molecule has 3 aliphatic rings. The quantitative estimate of drug-likeness (QED) is 0.733. The van der Waals surface area contributed by atoms with Crippen LogP contribution in [0, 0.1) is 0 Å². The lowest BCUT2D eigenvalue weighted by Crippen LogP contribution is -2.52. The molecule has 0 radical (unpaired) electrons. The molecule has 1 unspecified atom stereocenters. The summed E-state index contributed by atoms with van der Waals surface area (Å²) < 4.78 is 5.78. The van der Waals surface area contributed by atoms with E-state index in [1.807, 2.05) is 43.3 Å². The minimum Gasteiger partial charge on any atom is -0.492 e. The van der Waals surface area contributed by atoms with E-state index >= 15 is 0 Å². The van der Waals surface area contributed by atoms with Crippen molar-refractivity contribution in [2.75, 3.05) is 44.4 Å². The van der Waals surface area contributed by atoms with E-state index < -0.39 is 5.54 Å². The first-order valence-corrected chi connectivity index (χ1v) is 11.5. The monoisotopic (exact) mass is 434 g/mol. The van der Waals surface area contributed by atoms with E-state index in [1.54, 1.807) is 0 Å². The fourth-order valence-electron chi connectivity index (χ4n) is 5.27. The van der Waals surface area contributed by atoms with Crippen LogP contribution in [0.4, 0.5) is 10.5 Å². The van der Waals surface area contributed by atoms with Gasteiger partial charge in [0, 0.05) is 26.2 Å². The van der Waals surface area contributed by atoms with Crippen LogP contribution in [-0.2, 0) is 16.8 Å². The summed E-state index contributed by atoms with van der Waals surface area (Å²) in [6, 6.07) is 15.8. The molecule has 2 fully saturated rings. The maximum absolute atomic E-state index is 13.5. The van der Waals surface area contributed by atoms with Crippen molar-refractivity contribution in [3.05, 3.63) is 59.7 Å². The fraction of sp³-hybridized carbons (Fsp3) is 0.440. The van der Waals surface area contributed by atoms with Crippen molar-refractivity contribution in [2.45, 2.75) is 31.7 Å². The van der Waals surface area contributed by atoms with E-state index in [1.165, 1.54) is 4.90 Å². The molecule has 7 heteroatoms. The maximum Gasteiger partial charge on any atom is 0.326 e. The lowest BCUT2D eigenvalue weighted by Gasteiger charge is -2.38. The van der Waals surface area contributed by atoms with E-state index in [0.717, 1.165) is 61.6 Å². The Morgan fingerprint density at radius 1 is 1.00 bits per heavy atom. The summed E-state index contributed by atoms with van der Waals surface area (Å²) in [7, 11) is 0. The zero-order valence-electron chi connectivity index (χ0n) is 18.5. The van der Waals surface area contributed by atoms with E-state index in [4.69, 9.17) is 4.74 Å². The fourth-order valence-corrected chi connectivity index (χ4v) is 5.27. The van der Waals surface area contributed by atoms with Gasteiger partial charge in [0.2, 0.25) is 0 Å². The molecule has 1 atom stereocenters. The van der Waals surface area contributed by atoms with Crippen LogP contribution in [0.1, 0.15) is 30.9 Å². The van der Waals surface area contributed by atoms with Gasteiger partial charge < -0.3 is 15.0 Å². The molecule has 168 valence electrons. The van der Waals surface area contributed by atoms with Gasteiger partial charge in [0.15, 0.2) is 0 Å². The number of rotatable bonds is 5. The molecule has 0 aromatic heterocycles. The summed E-state index contributed by atoms with van der Waals surface area (Å²) >= 11 is 0. The van der Waals surface area contributed by atoms with Crippen molar-refractivity contribution >= 4 is 17.6 Å². The Morgan fingerprint density at radius 3 is 2.56 bits per heavy atom. The van der Waals surface area contributed by atoms with Gasteiger partial charge in [0.05, 0.1) is 19.0 Å². The number of nitrogens with one attached hydrogen (secondary N) is 1. The molecular formula is C25H30N4O3. The number of urea groups is 1. The number of carbonyl (C=O) groups excluding carboxylic acids is 2. The highest BCUT2D eigenvalue weighted by molar-refractivity contribution is 6.07. The summed E-state index contributed by atoms with van der Waals surface area (Å²) in [6.07, 6.45) is 2.51. The number of carbonyl (C=O) groups is 2. The van der Waals surface area contributed by atoms with Gasteiger partial charge in [-0.1, -0.05) is 36.4 Å². The minimum atomic E-state index is -0.899. The van der Waals surface area contributed by atoms with Crippen LogP contribution in [0.15, 0.2) is 48.5 Å². The van der Waals surface area contributed by atoms with Gasteiger partial charge in [0.1, 0.15) is 11.3 Å². The average Bonchev–Trinajstić information content (AvgIpc) is 3.05. The lowest BCUT2D eigenvalue weighted by molar-refractivity contribution is -0.133. The molecular weight excluding hydrogens is 404 g/mol. The molecule has 2 saturated heterocycles. The Balaban J connectivity index is 1.27. The number of amides is 3. The number of anilines is 1. The van der Waals surface area contributed by atoms with E-state index in [2.05, 4.69) is 27.2 Å². The van der Waals surface area contributed by atoms with Crippen molar-refractivity contribution in [3.63, 3.8) is 0 Å². The van der Waals surface area contributed by atoms with Crippen LogP contribution in [-0.4, -0.2) is 61.2 Å². The normalized spacial score (nSPS) is 23.4. The molecule has 1 aliphatic carbocycles. The first-order valence-electron chi connectivity index (χ1n) is 11.5. The van der Waals surface area contributed by atoms with Crippen molar-refractivity contribution in [2.24, 2.45) is 0 Å². The summed E-state index contributed by atoms with van der Waals surface area (Å²) in [6.45, 7) is 6.15. The predicted molar refractivity (Wildman–Crippen MR) is 123 cm³/mol. The van der Waals surface area contributed by atoms with E-state index in [0.29, 0.717) is 19.7 Å². The number of imide groups is 1. The largest absolute Gasteiger partial charge is 0.492 e. The highest BCUT2D eigenvalue weighted by Gasteiger charge is 2.54. The third-order valence-corrected chi connectivity index (χ3v) is 6.87. The van der Waals surface area contributed by atoms with Crippen LogP contribution in [0.25, 0.3) is 0 Å². The summed E-state index contributed by atoms with van der Waals surface area (Å²) in [4.78, 5) is 32.3. The Hall–Kier alpha value is -3.06.